The van der Waals surface area contributed by atoms with Crippen LogP contribution in [0.3, 0.4) is 0 Å². The molecular weight excluding hydrogens is 304 g/mol. The van der Waals surface area contributed by atoms with Gasteiger partial charge in [0.15, 0.2) is 0 Å². The molecule has 0 bridgehead atoms. The molecule has 0 aliphatic rings. The zero-order valence-corrected chi connectivity index (χ0v) is 13.9. The maximum Gasteiger partial charge on any atom is 0.263 e. The number of benzene rings is 2. The van der Waals surface area contributed by atoms with Gasteiger partial charge in [-0.1, -0.05) is 60.7 Å². The molecule has 0 atom stereocenters. The van der Waals surface area contributed by atoms with E-state index in [1.807, 2.05) is 74.5 Å². The van der Waals surface area contributed by atoms with E-state index in [9.17, 15) is 4.79 Å². The second-order valence-corrected chi connectivity index (χ2v) is 6.87. The third kappa shape index (κ3) is 3.48. The van der Waals surface area contributed by atoms with Crippen LogP contribution in [0, 0.1) is 0 Å². The Labute approximate surface area is 140 Å². The summed E-state index contributed by atoms with van der Waals surface area (Å²) in [5.41, 5.74) is 1.66. The van der Waals surface area contributed by atoms with Gasteiger partial charge in [-0.15, -0.1) is 11.3 Å². The first kappa shape index (κ1) is 15.4. The van der Waals surface area contributed by atoms with Crippen molar-refractivity contribution in [3.05, 3.63) is 77.3 Å². The molecule has 3 nitrogen and oxygen atoms in total. The molecule has 0 unspecified atom stereocenters. The molecule has 3 aromatic rings. The quantitative estimate of drug-likeness (QED) is 0.770. The van der Waals surface area contributed by atoms with Gasteiger partial charge in [-0.2, -0.15) is 0 Å². The van der Waals surface area contributed by atoms with Gasteiger partial charge in [-0.25, -0.2) is 4.98 Å². The van der Waals surface area contributed by atoms with Crippen molar-refractivity contribution in [3.8, 4) is 10.6 Å². The van der Waals surface area contributed by atoms with E-state index in [-0.39, 0.29) is 5.91 Å². The molecule has 4 heteroatoms. The van der Waals surface area contributed by atoms with Gasteiger partial charge in [0.2, 0.25) is 0 Å². The van der Waals surface area contributed by atoms with Crippen LogP contribution in [-0.2, 0) is 5.54 Å². The van der Waals surface area contributed by atoms with Crippen molar-refractivity contribution in [1.29, 1.82) is 0 Å². The van der Waals surface area contributed by atoms with Gasteiger partial charge >= 0.3 is 0 Å². The molecule has 1 amide bonds. The lowest BCUT2D eigenvalue weighted by molar-refractivity contribution is 0.0916. The zero-order valence-electron chi connectivity index (χ0n) is 13.1. The Hall–Kier alpha value is -2.46. The second-order valence-electron chi connectivity index (χ2n) is 5.84. The lowest BCUT2D eigenvalue weighted by Gasteiger charge is -2.26. The second kappa shape index (κ2) is 6.34. The van der Waals surface area contributed by atoms with Crippen LogP contribution in [0.1, 0.15) is 29.1 Å². The van der Waals surface area contributed by atoms with Crippen LogP contribution >= 0.6 is 11.3 Å². The van der Waals surface area contributed by atoms with Gasteiger partial charge in [-0.05, 0) is 19.4 Å². The number of amides is 1. The highest BCUT2D eigenvalue weighted by atomic mass is 32.1. The highest BCUT2D eigenvalue weighted by molar-refractivity contribution is 7.16. The van der Waals surface area contributed by atoms with Crippen LogP contribution in [0.4, 0.5) is 0 Å². The van der Waals surface area contributed by atoms with Crippen molar-refractivity contribution < 1.29 is 4.79 Å². The molecule has 0 spiro atoms. The third-order valence-electron chi connectivity index (χ3n) is 3.67. The summed E-state index contributed by atoms with van der Waals surface area (Å²) in [7, 11) is 0. The molecule has 0 aliphatic heterocycles. The number of nitrogens with zero attached hydrogens (tertiary/aromatic N) is 1. The maximum absolute atomic E-state index is 12.5. The van der Waals surface area contributed by atoms with Crippen molar-refractivity contribution in [2.24, 2.45) is 0 Å². The number of hydrogen-bond donors (Lipinski definition) is 1. The summed E-state index contributed by atoms with van der Waals surface area (Å²) >= 11 is 1.41. The van der Waals surface area contributed by atoms with Crippen LogP contribution in [-0.4, -0.2) is 10.9 Å². The minimum Gasteiger partial charge on any atom is -0.342 e. The SMILES string of the molecule is CC(C)(NC(=O)c1cnc(-c2ccccc2)s1)c1ccccc1. The minimum absolute atomic E-state index is 0.0986. The monoisotopic (exact) mass is 322 g/mol. The number of hydrogen-bond acceptors (Lipinski definition) is 3. The highest BCUT2D eigenvalue weighted by Gasteiger charge is 2.24. The third-order valence-corrected chi connectivity index (χ3v) is 4.72. The van der Waals surface area contributed by atoms with Gasteiger partial charge in [0.1, 0.15) is 9.88 Å². The Morgan fingerprint density at radius 3 is 2.26 bits per heavy atom. The fraction of sp³-hybridized carbons (Fsp3) is 0.158. The van der Waals surface area contributed by atoms with E-state index in [1.54, 1.807) is 6.20 Å². The van der Waals surface area contributed by atoms with Gasteiger partial charge in [0.25, 0.3) is 5.91 Å². The van der Waals surface area contributed by atoms with Gasteiger partial charge < -0.3 is 5.32 Å². The molecule has 1 N–H and O–H groups in total. The molecule has 3 rings (SSSR count). The standard InChI is InChI=1S/C19H18N2OS/c1-19(2,15-11-7-4-8-12-15)21-17(22)16-13-20-18(23-16)14-9-5-3-6-10-14/h3-13H,1-2H3,(H,21,22). The van der Waals surface area contributed by atoms with E-state index in [1.165, 1.54) is 11.3 Å². The topological polar surface area (TPSA) is 42.0 Å². The number of aromatic nitrogens is 1. The van der Waals surface area contributed by atoms with Gasteiger partial charge in [-0.3, -0.25) is 4.79 Å². The van der Waals surface area contributed by atoms with Crippen molar-refractivity contribution in [1.82, 2.24) is 10.3 Å². The smallest absolute Gasteiger partial charge is 0.263 e. The predicted molar refractivity (Wildman–Crippen MR) is 94.5 cm³/mol. The molecule has 2 aromatic carbocycles. The molecule has 23 heavy (non-hydrogen) atoms. The Morgan fingerprint density at radius 1 is 1.00 bits per heavy atom. The summed E-state index contributed by atoms with van der Waals surface area (Å²) in [6, 6.07) is 19.8. The van der Waals surface area contributed by atoms with Crippen molar-refractivity contribution in [2.45, 2.75) is 19.4 Å². The fourth-order valence-corrected chi connectivity index (χ4v) is 3.18. The van der Waals surface area contributed by atoms with Gasteiger partial charge in [0, 0.05) is 5.56 Å². The van der Waals surface area contributed by atoms with Gasteiger partial charge in [0.05, 0.1) is 11.7 Å². The van der Waals surface area contributed by atoms with E-state index in [0.717, 1.165) is 16.1 Å². The fourth-order valence-electron chi connectivity index (χ4n) is 2.37. The van der Waals surface area contributed by atoms with Crippen LogP contribution in [0.15, 0.2) is 66.9 Å². The molecule has 0 fully saturated rings. The molecule has 116 valence electrons. The Kier molecular flexibility index (Phi) is 4.26. The number of carbonyl (C=O) groups excluding carboxylic acids is 1. The Bertz CT molecular complexity index is 795. The summed E-state index contributed by atoms with van der Waals surface area (Å²) in [5.74, 6) is -0.0986. The summed E-state index contributed by atoms with van der Waals surface area (Å²) in [5, 5.41) is 3.94. The average molecular weight is 322 g/mol. The summed E-state index contributed by atoms with van der Waals surface area (Å²) in [6.07, 6.45) is 1.64. The lowest BCUT2D eigenvalue weighted by Crippen LogP contribution is -2.40. The first-order valence-corrected chi connectivity index (χ1v) is 8.27. The summed E-state index contributed by atoms with van der Waals surface area (Å²) in [4.78, 5) is 17.5. The first-order valence-electron chi connectivity index (χ1n) is 7.45. The van der Waals surface area contributed by atoms with E-state index < -0.39 is 5.54 Å². The van der Waals surface area contributed by atoms with Crippen molar-refractivity contribution >= 4 is 17.2 Å². The van der Waals surface area contributed by atoms with E-state index >= 15 is 0 Å². The molecule has 1 aromatic heterocycles. The average Bonchev–Trinajstić information content (AvgIpc) is 3.06. The van der Waals surface area contributed by atoms with E-state index in [4.69, 9.17) is 0 Å². The molecule has 0 aliphatic carbocycles. The summed E-state index contributed by atoms with van der Waals surface area (Å²) in [6.45, 7) is 4.00. The van der Waals surface area contributed by atoms with Crippen molar-refractivity contribution in [2.75, 3.05) is 0 Å². The predicted octanol–water partition coefficient (Wildman–Crippen LogP) is 4.48. The molecule has 0 radical (unpaired) electrons. The molecule has 1 heterocycles. The molecule has 0 saturated carbocycles. The van der Waals surface area contributed by atoms with E-state index in [2.05, 4.69) is 10.3 Å². The number of nitrogens with one attached hydrogen (secondary N) is 1. The number of rotatable bonds is 4. The summed E-state index contributed by atoms with van der Waals surface area (Å²) < 4.78 is 0. The van der Waals surface area contributed by atoms with Crippen LogP contribution in [0.25, 0.3) is 10.6 Å². The Balaban J connectivity index is 1.78. The number of thiazole rings is 1. The minimum atomic E-state index is -0.435. The maximum atomic E-state index is 12.5. The van der Waals surface area contributed by atoms with Crippen LogP contribution < -0.4 is 5.32 Å². The van der Waals surface area contributed by atoms with E-state index in [0.29, 0.717) is 4.88 Å². The lowest BCUT2D eigenvalue weighted by atomic mass is 9.94. The zero-order chi connectivity index (χ0) is 16.3. The molecular formula is C19H18N2OS. The number of carbonyl (C=O) groups is 1. The van der Waals surface area contributed by atoms with Crippen molar-refractivity contribution in [3.63, 3.8) is 0 Å². The van der Waals surface area contributed by atoms with Crippen LogP contribution in [0.5, 0.6) is 0 Å². The molecule has 0 saturated heterocycles. The highest BCUT2D eigenvalue weighted by Crippen LogP contribution is 2.26. The normalized spacial score (nSPS) is 11.2. The largest absolute Gasteiger partial charge is 0.342 e. The Morgan fingerprint density at radius 2 is 1.61 bits per heavy atom. The van der Waals surface area contributed by atoms with Crippen LogP contribution in [0.2, 0.25) is 0 Å². The first-order chi connectivity index (χ1) is 11.1.